The number of carbonyl (C=O) groups excluding carboxylic acids is 1. The summed E-state index contributed by atoms with van der Waals surface area (Å²) in [5.74, 6) is -0.480. The van der Waals surface area contributed by atoms with Gasteiger partial charge in [-0.2, -0.15) is 0 Å². The van der Waals surface area contributed by atoms with E-state index in [1.807, 2.05) is 12.1 Å². The number of anilines is 2. The lowest BCUT2D eigenvalue weighted by Gasteiger charge is -2.09. The fraction of sp³-hybridized carbons (Fsp3) is 0.154. The average Bonchev–Trinajstić information content (AvgIpc) is 2.77. The Morgan fingerprint density at radius 1 is 1.32 bits per heavy atom. The summed E-state index contributed by atoms with van der Waals surface area (Å²) in [4.78, 5) is 12.2. The molecule has 0 radical (unpaired) electrons. The highest BCUT2D eigenvalue weighted by atomic mass is 35.5. The molecule has 1 amide bonds. The van der Waals surface area contributed by atoms with Gasteiger partial charge in [0.25, 0.3) is 0 Å². The van der Waals surface area contributed by atoms with Crippen LogP contribution < -0.4 is 16.8 Å². The number of nitrogens with two attached hydrogens (primary N) is 2. The number of amides is 1. The van der Waals surface area contributed by atoms with Gasteiger partial charge in [-0.25, -0.2) is 0 Å². The maximum Gasteiger partial charge on any atom is 0.248 e. The summed E-state index contributed by atoms with van der Waals surface area (Å²) in [5.41, 5.74) is 12.8. The molecule has 0 saturated carbocycles. The highest BCUT2D eigenvalue weighted by Gasteiger charge is 2.05. The fourth-order valence-corrected chi connectivity index (χ4v) is 2.77. The molecule has 0 bridgehead atoms. The van der Waals surface area contributed by atoms with Crippen LogP contribution in [0.1, 0.15) is 15.2 Å². The van der Waals surface area contributed by atoms with Crippen molar-refractivity contribution in [1.82, 2.24) is 0 Å². The number of rotatable bonds is 5. The van der Waals surface area contributed by atoms with Crippen molar-refractivity contribution in [2.45, 2.75) is 6.42 Å². The third-order valence-corrected chi connectivity index (χ3v) is 3.94. The molecule has 2 rings (SSSR count). The number of nitrogen functional groups attached to an aromatic ring is 1. The predicted octanol–water partition coefficient (Wildman–Crippen LogP) is 2.74. The van der Waals surface area contributed by atoms with Gasteiger partial charge in [-0.05, 0) is 36.8 Å². The molecule has 2 aromatic rings. The smallest absolute Gasteiger partial charge is 0.248 e. The Morgan fingerprint density at radius 2 is 2.11 bits per heavy atom. The SMILES string of the molecule is NC(=O)c1ccc(NCCc2ccc(Cl)s2)c(N)c1. The van der Waals surface area contributed by atoms with Crippen molar-refractivity contribution in [2.24, 2.45) is 5.73 Å². The zero-order chi connectivity index (χ0) is 13.8. The number of halogens is 1. The molecule has 0 aliphatic carbocycles. The van der Waals surface area contributed by atoms with Gasteiger partial charge < -0.3 is 16.8 Å². The van der Waals surface area contributed by atoms with Crippen LogP contribution in [-0.4, -0.2) is 12.5 Å². The van der Waals surface area contributed by atoms with Crippen LogP contribution in [0.3, 0.4) is 0 Å². The van der Waals surface area contributed by atoms with Gasteiger partial charge >= 0.3 is 0 Å². The molecule has 0 spiro atoms. The molecular formula is C13H14ClN3OS. The van der Waals surface area contributed by atoms with Gasteiger partial charge in [0, 0.05) is 17.0 Å². The summed E-state index contributed by atoms with van der Waals surface area (Å²) in [7, 11) is 0. The molecule has 0 aliphatic rings. The van der Waals surface area contributed by atoms with Crippen LogP contribution in [0.25, 0.3) is 0 Å². The second kappa shape index (κ2) is 5.95. The third-order valence-electron chi connectivity index (χ3n) is 2.65. The predicted molar refractivity (Wildman–Crippen MR) is 80.9 cm³/mol. The van der Waals surface area contributed by atoms with Gasteiger partial charge in [-0.1, -0.05) is 11.6 Å². The van der Waals surface area contributed by atoms with E-state index in [0.29, 0.717) is 11.3 Å². The van der Waals surface area contributed by atoms with Crippen LogP contribution in [0.2, 0.25) is 4.34 Å². The summed E-state index contributed by atoms with van der Waals surface area (Å²) in [6.07, 6.45) is 0.869. The Morgan fingerprint density at radius 3 is 2.68 bits per heavy atom. The zero-order valence-electron chi connectivity index (χ0n) is 10.2. The van der Waals surface area contributed by atoms with Crippen molar-refractivity contribution in [1.29, 1.82) is 0 Å². The number of primary amides is 1. The molecule has 100 valence electrons. The van der Waals surface area contributed by atoms with E-state index >= 15 is 0 Å². The number of carbonyl (C=O) groups is 1. The van der Waals surface area contributed by atoms with Crippen molar-refractivity contribution in [3.8, 4) is 0 Å². The van der Waals surface area contributed by atoms with E-state index in [1.165, 1.54) is 4.88 Å². The minimum atomic E-state index is -0.480. The zero-order valence-corrected chi connectivity index (χ0v) is 11.7. The summed E-state index contributed by atoms with van der Waals surface area (Å²) in [5, 5.41) is 3.22. The van der Waals surface area contributed by atoms with Crippen LogP contribution in [0, 0.1) is 0 Å². The lowest BCUT2D eigenvalue weighted by atomic mass is 10.1. The first-order valence-electron chi connectivity index (χ1n) is 5.73. The Labute approximate surface area is 120 Å². The maximum atomic E-state index is 11.0. The second-order valence-corrected chi connectivity index (χ2v) is 5.85. The average molecular weight is 296 g/mol. The minimum Gasteiger partial charge on any atom is -0.397 e. The van der Waals surface area contributed by atoms with E-state index in [1.54, 1.807) is 29.5 Å². The Hall–Kier alpha value is -1.72. The first kappa shape index (κ1) is 13.7. The topological polar surface area (TPSA) is 81.1 Å². The van der Waals surface area contributed by atoms with Crippen LogP contribution >= 0.6 is 22.9 Å². The molecule has 4 nitrogen and oxygen atoms in total. The van der Waals surface area contributed by atoms with Gasteiger partial charge in [-0.15, -0.1) is 11.3 Å². The van der Waals surface area contributed by atoms with Crippen LogP contribution in [0.5, 0.6) is 0 Å². The second-order valence-electron chi connectivity index (χ2n) is 4.05. The van der Waals surface area contributed by atoms with E-state index in [9.17, 15) is 4.79 Å². The molecule has 0 fully saturated rings. The van der Waals surface area contributed by atoms with Crippen LogP contribution in [0.15, 0.2) is 30.3 Å². The molecule has 0 aliphatic heterocycles. The summed E-state index contributed by atoms with van der Waals surface area (Å²) in [6, 6.07) is 8.89. The molecule has 0 saturated heterocycles. The normalized spacial score (nSPS) is 10.4. The summed E-state index contributed by atoms with van der Waals surface area (Å²) in [6.45, 7) is 0.747. The molecule has 0 atom stereocenters. The van der Waals surface area contributed by atoms with Gasteiger partial charge in [0.2, 0.25) is 5.91 Å². The Kier molecular flexibility index (Phi) is 4.29. The van der Waals surface area contributed by atoms with Crippen molar-refractivity contribution >= 4 is 40.2 Å². The number of hydrogen-bond donors (Lipinski definition) is 3. The molecule has 0 unspecified atom stereocenters. The first-order valence-corrected chi connectivity index (χ1v) is 6.93. The largest absolute Gasteiger partial charge is 0.397 e. The fourth-order valence-electron chi connectivity index (χ4n) is 1.68. The highest BCUT2D eigenvalue weighted by Crippen LogP contribution is 2.23. The maximum absolute atomic E-state index is 11.0. The molecular weight excluding hydrogens is 282 g/mol. The van der Waals surface area contributed by atoms with Crippen LogP contribution in [-0.2, 0) is 6.42 Å². The first-order chi connectivity index (χ1) is 9.06. The lowest BCUT2D eigenvalue weighted by molar-refractivity contribution is 0.100. The monoisotopic (exact) mass is 295 g/mol. The van der Waals surface area contributed by atoms with E-state index in [-0.39, 0.29) is 0 Å². The van der Waals surface area contributed by atoms with Crippen molar-refractivity contribution in [2.75, 3.05) is 17.6 Å². The van der Waals surface area contributed by atoms with Crippen molar-refractivity contribution < 1.29 is 4.79 Å². The molecule has 6 heteroatoms. The van der Waals surface area contributed by atoms with Gasteiger partial charge in [0.05, 0.1) is 15.7 Å². The van der Waals surface area contributed by atoms with Gasteiger partial charge in [-0.3, -0.25) is 4.79 Å². The molecule has 1 aromatic carbocycles. The Balaban J connectivity index is 1.94. The quantitative estimate of drug-likeness (QED) is 0.742. The van der Waals surface area contributed by atoms with Crippen LogP contribution in [0.4, 0.5) is 11.4 Å². The summed E-state index contributed by atoms with van der Waals surface area (Å²) < 4.78 is 0.792. The molecule has 5 N–H and O–H groups in total. The number of nitrogens with one attached hydrogen (secondary N) is 1. The summed E-state index contributed by atoms with van der Waals surface area (Å²) >= 11 is 7.43. The van der Waals surface area contributed by atoms with E-state index in [4.69, 9.17) is 23.1 Å². The molecule has 1 aromatic heterocycles. The Bertz CT molecular complexity index is 597. The number of benzene rings is 1. The van der Waals surface area contributed by atoms with E-state index < -0.39 is 5.91 Å². The number of hydrogen-bond acceptors (Lipinski definition) is 4. The van der Waals surface area contributed by atoms with E-state index in [0.717, 1.165) is 23.0 Å². The lowest BCUT2D eigenvalue weighted by Crippen LogP contribution is -2.12. The van der Waals surface area contributed by atoms with E-state index in [2.05, 4.69) is 5.32 Å². The third kappa shape index (κ3) is 3.62. The standard InChI is InChI=1S/C13H14ClN3OS/c14-12-4-2-9(19-12)5-6-17-11-3-1-8(13(16)18)7-10(11)15/h1-4,7,17H,5-6,15H2,(H2,16,18). The van der Waals surface area contributed by atoms with Crippen molar-refractivity contribution in [3.63, 3.8) is 0 Å². The van der Waals surface area contributed by atoms with Crippen molar-refractivity contribution in [3.05, 3.63) is 45.1 Å². The molecule has 19 heavy (non-hydrogen) atoms. The highest BCUT2D eigenvalue weighted by molar-refractivity contribution is 7.16. The van der Waals surface area contributed by atoms with Gasteiger partial charge in [0.1, 0.15) is 0 Å². The minimum absolute atomic E-state index is 0.410. The number of thiophene rings is 1. The van der Waals surface area contributed by atoms with Gasteiger partial charge in [0.15, 0.2) is 0 Å². The molecule has 1 heterocycles.